The van der Waals surface area contributed by atoms with Crippen molar-refractivity contribution in [2.24, 2.45) is 0 Å². The van der Waals surface area contributed by atoms with Gasteiger partial charge in [0.05, 0.1) is 11.5 Å². The van der Waals surface area contributed by atoms with Gasteiger partial charge in [-0.2, -0.15) is 4.31 Å². The molecule has 1 heterocycles. The number of rotatable bonds is 5. The first-order valence-corrected chi connectivity index (χ1v) is 9.75. The van der Waals surface area contributed by atoms with Crippen LogP contribution in [0.5, 0.6) is 0 Å². The number of methoxy groups -OCH3 is 1. The highest BCUT2D eigenvalue weighted by Crippen LogP contribution is 2.36. The van der Waals surface area contributed by atoms with Crippen LogP contribution >= 0.6 is 0 Å². The number of amides is 1. The molecule has 0 aromatic heterocycles. The predicted molar refractivity (Wildman–Crippen MR) is 90.3 cm³/mol. The van der Waals surface area contributed by atoms with Crippen molar-refractivity contribution in [3.8, 4) is 0 Å². The fraction of sp³-hybridized carbons (Fsp3) is 0.588. The van der Waals surface area contributed by atoms with Crippen molar-refractivity contribution in [2.75, 3.05) is 27.3 Å². The molecule has 1 aromatic rings. The summed E-state index contributed by atoms with van der Waals surface area (Å²) in [4.78, 5) is 12.8. The Morgan fingerprint density at radius 1 is 1.29 bits per heavy atom. The summed E-state index contributed by atoms with van der Waals surface area (Å²) < 4.78 is 33.0. The number of hydrogen-bond donors (Lipinski definition) is 1. The van der Waals surface area contributed by atoms with E-state index in [4.69, 9.17) is 4.74 Å². The molecule has 0 spiro atoms. The van der Waals surface area contributed by atoms with Gasteiger partial charge in [0, 0.05) is 20.7 Å². The van der Waals surface area contributed by atoms with Crippen LogP contribution in [0, 0.1) is 0 Å². The lowest BCUT2D eigenvalue weighted by atomic mass is 9.97. The Morgan fingerprint density at radius 2 is 2.04 bits per heavy atom. The van der Waals surface area contributed by atoms with Crippen molar-refractivity contribution < 1.29 is 17.9 Å². The van der Waals surface area contributed by atoms with Crippen LogP contribution in [-0.2, 0) is 32.4 Å². The summed E-state index contributed by atoms with van der Waals surface area (Å²) in [6.45, 7) is 0.382. The predicted octanol–water partition coefficient (Wildman–Crippen LogP) is 1.09. The molecule has 132 valence electrons. The third-order valence-electron chi connectivity index (χ3n) is 5.12. The van der Waals surface area contributed by atoms with Crippen LogP contribution in [0.15, 0.2) is 23.1 Å². The zero-order valence-corrected chi connectivity index (χ0v) is 15.0. The summed E-state index contributed by atoms with van der Waals surface area (Å²) in [5.74, 6) is -0.313. The molecule has 3 rings (SSSR count). The lowest BCUT2D eigenvalue weighted by molar-refractivity contribution is -0.131. The van der Waals surface area contributed by atoms with Crippen LogP contribution in [0.1, 0.15) is 30.4 Å². The van der Waals surface area contributed by atoms with Crippen LogP contribution in [0.2, 0.25) is 0 Å². The molecular formula is C17H24N2O4S. The first-order valence-electron chi connectivity index (χ1n) is 8.31. The second-order valence-electron chi connectivity index (χ2n) is 6.51. The average molecular weight is 352 g/mol. The number of carbonyl (C=O) groups is 1. The molecule has 1 atom stereocenters. The Balaban J connectivity index is 2.03. The molecule has 1 unspecified atom stereocenters. The van der Waals surface area contributed by atoms with Gasteiger partial charge in [0.2, 0.25) is 15.9 Å². The molecule has 1 aromatic carbocycles. The van der Waals surface area contributed by atoms with Gasteiger partial charge in [-0.3, -0.25) is 4.79 Å². The maximum absolute atomic E-state index is 13.2. The Morgan fingerprint density at radius 3 is 2.75 bits per heavy atom. The summed E-state index contributed by atoms with van der Waals surface area (Å²) in [6, 6.07) is 5.35. The summed E-state index contributed by atoms with van der Waals surface area (Å²) in [5, 5.41) is 2.60. The number of likely N-dealkylation sites (N-methyl/N-ethyl adjacent to an activating group) is 1. The number of nitrogens with one attached hydrogen (secondary N) is 1. The van der Waals surface area contributed by atoms with Crippen molar-refractivity contribution in [3.05, 3.63) is 29.3 Å². The summed E-state index contributed by atoms with van der Waals surface area (Å²) in [5.41, 5.74) is 1.17. The van der Waals surface area contributed by atoms with Crippen LogP contribution in [0.25, 0.3) is 0 Å². The Hall–Kier alpha value is -1.44. The Bertz CT molecular complexity index is 747. The lowest BCUT2D eigenvalue weighted by Gasteiger charge is -2.35. The van der Waals surface area contributed by atoms with E-state index >= 15 is 0 Å². The maximum atomic E-state index is 13.2. The average Bonchev–Trinajstić information content (AvgIpc) is 3.21. The van der Waals surface area contributed by atoms with Gasteiger partial charge in [-0.15, -0.1) is 0 Å². The van der Waals surface area contributed by atoms with Gasteiger partial charge in [-0.1, -0.05) is 6.07 Å². The lowest BCUT2D eigenvalue weighted by Crippen LogP contribution is -2.59. The third kappa shape index (κ3) is 2.64. The van der Waals surface area contributed by atoms with Gasteiger partial charge in [-0.05, 0) is 55.4 Å². The van der Waals surface area contributed by atoms with Crippen LogP contribution in [-0.4, -0.2) is 51.5 Å². The fourth-order valence-corrected chi connectivity index (χ4v) is 5.79. The third-order valence-corrected chi connectivity index (χ3v) is 7.08. The van der Waals surface area contributed by atoms with E-state index < -0.39 is 15.6 Å². The maximum Gasteiger partial charge on any atom is 0.244 e. The number of carbonyl (C=O) groups excluding carboxylic acids is 1. The topological polar surface area (TPSA) is 75.7 Å². The summed E-state index contributed by atoms with van der Waals surface area (Å²) in [7, 11) is -0.737. The monoisotopic (exact) mass is 352 g/mol. The minimum absolute atomic E-state index is 0.0524. The molecule has 0 saturated carbocycles. The Kier molecular flexibility index (Phi) is 4.68. The van der Waals surface area contributed by atoms with Gasteiger partial charge in [0.15, 0.2) is 0 Å². The van der Waals surface area contributed by atoms with E-state index in [0.29, 0.717) is 19.4 Å². The molecule has 1 aliphatic carbocycles. The van der Waals surface area contributed by atoms with Crippen LogP contribution < -0.4 is 5.32 Å². The van der Waals surface area contributed by atoms with Crippen molar-refractivity contribution >= 4 is 15.9 Å². The van der Waals surface area contributed by atoms with Gasteiger partial charge < -0.3 is 10.1 Å². The van der Waals surface area contributed by atoms with Crippen LogP contribution in [0.4, 0.5) is 0 Å². The van der Waals surface area contributed by atoms with Gasteiger partial charge in [0.25, 0.3) is 0 Å². The molecule has 7 heteroatoms. The fourth-order valence-electron chi connectivity index (χ4n) is 3.95. The quantitative estimate of drug-likeness (QED) is 0.861. The number of fused-ring (bicyclic) bond motifs is 1. The van der Waals surface area contributed by atoms with Crippen LogP contribution in [0.3, 0.4) is 0 Å². The molecule has 1 aliphatic heterocycles. The molecular weight excluding hydrogens is 328 g/mol. The van der Waals surface area contributed by atoms with Crippen molar-refractivity contribution in [2.45, 2.75) is 42.5 Å². The minimum Gasteiger partial charge on any atom is -0.382 e. The number of nitrogens with zero attached hydrogens (tertiary/aromatic N) is 1. The number of benzene rings is 1. The number of sulfonamides is 1. The van der Waals surface area contributed by atoms with E-state index in [2.05, 4.69) is 5.32 Å². The summed E-state index contributed by atoms with van der Waals surface area (Å²) >= 11 is 0. The van der Waals surface area contributed by atoms with Gasteiger partial charge in [-0.25, -0.2) is 8.42 Å². The number of hydrogen-bond acceptors (Lipinski definition) is 4. The molecule has 0 radical (unpaired) electrons. The SMILES string of the molecule is CNC(=O)C1(COC)CCCN1S(=O)(=O)c1ccc2c(c1)CCC2. The molecule has 1 saturated heterocycles. The van der Waals surface area contributed by atoms with Crippen molar-refractivity contribution in [1.29, 1.82) is 0 Å². The first-order chi connectivity index (χ1) is 11.5. The largest absolute Gasteiger partial charge is 0.382 e. The highest BCUT2D eigenvalue weighted by Gasteiger charge is 2.52. The van der Waals surface area contributed by atoms with E-state index in [1.54, 1.807) is 12.1 Å². The zero-order chi connectivity index (χ0) is 17.4. The van der Waals surface area contributed by atoms with E-state index in [9.17, 15) is 13.2 Å². The molecule has 1 N–H and O–H groups in total. The standard InChI is InChI=1S/C17H24N2O4S/c1-18-16(20)17(12-23-2)9-4-10-19(17)24(21,22)15-8-7-13-5-3-6-14(13)11-15/h7-8,11H,3-6,9-10,12H2,1-2H3,(H,18,20). The van der Waals surface area contributed by atoms with E-state index in [0.717, 1.165) is 24.8 Å². The highest BCUT2D eigenvalue weighted by atomic mass is 32.2. The van der Waals surface area contributed by atoms with Crippen molar-refractivity contribution in [1.82, 2.24) is 9.62 Å². The summed E-state index contributed by atoms with van der Waals surface area (Å²) in [6.07, 6.45) is 4.09. The van der Waals surface area contributed by atoms with Gasteiger partial charge in [0.1, 0.15) is 5.54 Å². The first kappa shape index (κ1) is 17.4. The zero-order valence-electron chi connectivity index (χ0n) is 14.2. The van der Waals surface area contributed by atoms with E-state index in [-0.39, 0.29) is 17.4 Å². The smallest absolute Gasteiger partial charge is 0.244 e. The normalized spacial score (nSPS) is 24.1. The second-order valence-corrected chi connectivity index (χ2v) is 8.37. The minimum atomic E-state index is -3.75. The Labute approximate surface area is 143 Å². The van der Waals surface area contributed by atoms with Crippen molar-refractivity contribution in [3.63, 3.8) is 0 Å². The number of ether oxygens (including phenoxy) is 1. The molecule has 1 fully saturated rings. The highest BCUT2D eigenvalue weighted by molar-refractivity contribution is 7.89. The van der Waals surface area contributed by atoms with E-state index in [1.807, 2.05) is 6.07 Å². The second kappa shape index (κ2) is 6.46. The molecule has 1 amide bonds. The van der Waals surface area contributed by atoms with Gasteiger partial charge >= 0.3 is 0 Å². The molecule has 0 bridgehead atoms. The number of aryl methyl sites for hydroxylation is 2. The molecule has 2 aliphatic rings. The molecule has 24 heavy (non-hydrogen) atoms. The molecule has 6 nitrogen and oxygen atoms in total. The van der Waals surface area contributed by atoms with E-state index in [1.165, 1.54) is 24.0 Å².